The van der Waals surface area contributed by atoms with Crippen molar-refractivity contribution in [1.82, 2.24) is 10.6 Å². The fraction of sp³-hybridized carbons (Fsp3) is 0.500. The van der Waals surface area contributed by atoms with Crippen LogP contribution in [-0.4, -0.2) is 18.1 Å². The van der Waals surface area contributed by atoms with E-state index in [1.807, 2.05) is 32.0 Å². The topological polar surface area (TPSA) is 53.2 Å². The lowest BCUT2D eigenvalue weighted by Crippen LogP contribution is -2.34. The van der Waals surface area contributed by atoms with E-state index in [1.54, 1.807) is 0 Å². The highest BCUT2D eigenvalue weighted by Gasteiger charge is 2.19. The number of amides is 2. The van der Waals surface area contributed by atoms with E-state index in [0.29, 0.717) is 6.04 Å². The SMILES string of the molecule is CC(C)NC(=O)Nc1cccc(CNC2CC2)c1. The lowest BCUT2D eigenvalue weighted by Gasteiger charge is -2.11. The average Bonchev–Trinajstić information content (AvgIpc) is 3.09. The number of carbonyl (C=O) groups excluding carboxylic acids is 1. The van der Waals surface area contributed by atoms with Gasteiger partial charge in [0, 0.05) is 24.3 Å². The second kappa shape index (κ2) is 5.87. The van der Waals surface area contributed by atoms with Gasteiger partial charge in [0.2, 0.25) is 0 Å². The van der Waals surface area contributed by atoms with Gasteiger partial charge >= 0.3 is 6.03 Å². The van der Waals surface area contributed by atoms with Crippen LogP contribution in [0.1, 0.15) is 32.3 Å². The van der Waals surface area contributed by atoms with Crippen molar-refractivity contribution < 1.29 is 4.79 Å². The summed E-state index contributed by atoms with van der Waals surface area (Å²) in [6.07, 6.45) is 2.57. The molecule has 2 amide bonds. The Labute approximate surface area is 108 Å². The molecule has 4 nitrogen and oxygen atoms in total. The lowest BCUT2D eigenvalue weighted by atomic mass is 10.2. The lowest BCUT2D eigenvalue weighted by molar-refractivity contribution is 0.250. The smallest absolute Gasteiger partial charge is 0.319 e. The molecule has 4 heteroatoms. The number of rotatable bonds is 5. The zero-order valence-electron chi connectivity index (χ0n) is 11.0. The molecule has 2 rings (SSSR count). The Bertz CT molecular complexity index is 413. The van der Waals surface area contributed by atoms with Gasteiger partial charge in [0.1, 0.15) is 0 Å². The first-order chi connectivity index (χ1) is 8.63. The number of hydrogen-bond donors (Lipinski definition) is 3. The highest BCUT2D eigenvalue weighted by molar-refractivity contribution is 5.89. The van der Waals surface area contributed by atoms with Crippen LogP contribution in [0.15, 0.2) is 24.3 Å². The summed E-state index contributed by atoms with van der Waals surface area (Å²) >= 11 is 0. The molecule has 1 aromatic carbocycles. The summed E-state index contributed by atoms with van der Waals surface area (Å²) in [5.41, 5.74) is 2.03. The van der Waals surface area contributed by atoms with Crippen LogP contribution in [0.2, 0.25) is 0 Å². The van der Waals surface area contributed by atoms with Crippen molar-refractivity contribution in [2.24, 2.45) is 0 Å². The third kappa shape index (κ3) is 4.37. The standard InChI is InChI=1S/C14H21N3O/c1-10(2)16-14(18)17-13-5-3-4-11(8-13)9-15-12-6-7-12/h3-5,8,10,12,15H,6-7,9H2,1-2H3,(H2,16,17,18). The molecule has 18 heavy (non-hydrogen) atoms. The van der Waals surface area contributed by atoms with Gasteiger partial charge in [0.05, 0.1) is 0 Å². The highest BCUT2D eigenvalue weighted by atomic mass is 16.2. The molecule has 1 aromatic rings. The maximum atomic E-state index is 11.6. The molecule has 0 spiro atoms. The third-order valence-electron chi connectivity index (χ3n) is 2.78. The van der Waals surface area contributed by atoms with E-state index in [1.165, 1.54) is 18.4 Å². The van der Waals surface area contributed by atoms with Gasteiger partial charge in [-0.25, -0.2) is 4.79 Å². The molecule has 0 bridgehead atoms. The number of urea groups is 1. The van der Waals surface area contributed by atoms with Crippen molar-refractivity contribution in [1.29, 1.82) is 0 Å². The van der Waals surface area contributed by atoms with Gasteiger partial charge in [-0.3, -0.25) is 0 Å². The third-order valence-corrected chi connectivity index (χ3v) is 2.78. The van der Waals surface area contributed by atoms with Gasteiger partial charge < -0.3 is 16.0 Å². The van der Waals surface area contributed by atoms with Gasteiger partial charge in [-0.2, -0.15) is 0 Å². The molecule has 1 fully saturated rings. The first-order valence-electron chi connectivity index (χ1n) is 6.53. The molecule has 3 N–H and O–H groups in total. The van der Waals surface area contributed by atoms with E-state index in [9.17, 15) is 4.79 Å². The zero-order valence-corrected chi connectivity index (χ0v) is 11.0. The van der Waals surface area contributed by atoms with Crippen LogP contribution in [0.25, 0.3) is 0 Å². The molecule has 0 saturated heterocycles. The van der Waals surface area contributed by atoms with E-state index >= 15 is 0 Å². The maximum absolute atomic E-state index is 11.6. The van der Waals surface area contributed by atoms with Crippen LogP contribution in [0.3, 0.4) is 0 Å². The Morgan fingerprint density at radius 2 is 2.17 bits per heavy atom. The minimum atomic E-state index is -0.155. The maximum Gasteiger partial charge on any atom is 0.319 e. The Hall–Kier alpha value is -1.55. The molecule has 0 aliphatic heterocycles. The summed E-state index contributed by atoms with van der Waals surface area (Å²) in [5.74, 6) is 0. The number of anilines is 1. The quantitative estimate of drug-likeness (QED) is 0.748. The van der Waals surface area contributed by atoms with Gasteiger partial charge in [0.15, 0.2) is 0 Å². The summed E-state index contributed by atoms with van der Waals surface area (Å²) in [5, 5.41) is 9.10. The van der Waals surface area contributed by atoms with E-state index < -0.39 is 0 Å². The van der Waals surface area contributed by atoms with Crippen LogP contribution < -0.4 is 16.0 Å². The number of carbonyl (C=O) groups is 1. The second-order valence-electron chi connectivity index (χ2n) is 5.11. The minimum absolute atomic E-state index is 0.143. The first-order valence-corrected chi connectivity index (χ1v) is 6.53. The fourth-order valence-electron chi connectivity index (χ4n) is 1.74. The van der Waals surface area contributed by atoms with Crippen LogP contribution in [-0.2, 0) is 6.54 Å². The molecular formula is C14H21N3O. The summed E-state index contributed by atoms with van der Waals surface area (Å²) in [7, 11) is 0. The number of hydrogen-bond acceptors (Lipinski definition) is 2. The molecule has 98 valence electrons. The highest BCUT2D eigenvalue weighted by Crippen LogP contribution is 2.19. The van der Waals surface area contributed by atoms with E-state index in [-0.39, 0.29) is 12.1 Å². The molecular weight excluding hydrogens is 226 g/mol. The molecule has 0 aromatic heterocycles. The number of nitrogens with one attached hydrogen (secondary N) is 3. The van der Waals surface area contributed by atoms with Crippen LogP contribution in [0, 0.1) is 0 Å². The van der Waals surface area contributed by atoms with Crippen molar-refractivity contribution in [3.05, 3.63) is 29.8 Å². The van der Waals surface area contributed by atoms with E-state index in [2.05, 4.69) is 22.0 Å². The summed E-state index contributed by atoms with van der Waals surface area (Å²) in [4.78, 5) is 11.6. The Morgan fingerprint density at radius 3 is 2.83 bits per heavy atom. The molecule has 0 atom stereocenters. The largest absolute Gasteiger partial charge is 0.336 e. The molecule has 1 aliphatic rings. The van der Waals surface area contributed by atoms with Crippen molar-refractivity contribution in [3.8, 4) is 0 Å². The normalized spacial score (nSPS) is 14.6. The molecule has 0 radical (unpaired) electrons. The van der Waals surface area contributed by atoms with Gasteiger partial charge in [-0.05, 0) is 44.4 Å². The predicted molar refractivity (Wildman–Crippen MR) is 73.6 cm³/mol. The molecule has 1 aliphatic carbocycles. The summed E-state index contributed by atoms with van der Waals surface area (Å²) in [6.45, 7) is 4.75. The van der Waals surface area contributed by atoms with Gasteiger partial charge in [0.25, 0.3) is 0 Å². The fourth-order valence-corrected chi connectivity index (χ4v) is 1.74. The zero-order chi connectivity index (χ0) is 13.0. The summed E-state index contributed by atoms with van der Waals surface area (Å²) < 4.78 is 0. The summed E-state index contributed by atoms with van der Waals surface area (Å²) in [6, 6.07) is 8.64. The molecule has 0 heterocycles. The van der Waals surface area contributed by atoms with Crippen molar-refractivity contribution in [3.63, 3.8) is 0 Å². The Morgan fingerprint density at radius 1 is 1.39 bits per heavy atom. The Kier molecular flexibility index (Phi) is 4.20. The van der Waals surface area contributed by atoms with Crippen molar-refractivity contribution in [2.45, 2.75) is 45.3 Å². The van der Waals surface area contributed by atoms with Gasteiger partial charge in [-0.1, -0.05) is 12.1 Å². The van der Waals surface area contributed by atoms with Crippen LogP contribution >= 0.6 is 0 Å². The Balaban J connectivity index is 1.87. The molecule has 0 unspecified atom stereocenters. The second-order valence-corrected chi connectivity index (χ2v) is 5.11. The van der Waals surface area contributed by atoms with E-state index in [0.717, 1.165) is 12.2 Å². The van der Waals surface area contributed by atoms with Crippen molar-refractivity contribution in [2.75, 3.05) is 5.32 Å². The van der Waals surface area contributed by atoms with Crippen LogP contribution in [0.5, 0.6) is 0 Å². The van der Waals surface area contributed by atoms with E-state index in [4.69, 9.17) is 0 Å². The minimum Gasteiger partial charge on any atom is -0.336 e. The predicted octanol–water partition coefficient (Wildman–Crippen LogP) is 2.47. The van der Waals surface area contributed by atoms with Gasteiger partial charge in [-0.15, -0.1) is 0 Å². The first kappa shape index (κ1) is 12.9. The van der Waals surface area contributed by atoms with Crippen LogP contribution in [0.4, 0.5) is 10.5 Å². The number of benzene rings is 1. The molecule has 1 saturated carbocycles. The monoisotopic (exact) mass is 247 g/mol. The average molecular weight is 247 g/mol. The van der Waals surface area contributed by atoms with Crippen molar-refractivity contribution >= 4 is 11.7 Å².